The molecule has 1 aromatic heterocycles. The van der Waals surface area contributed by atoms with Crippen molar-refractivity contribution in [1.82, 2.24) is 4.98 Å². The maximum Gasteiger partial charge on any atom is 0.416 e. The molecular weight excluding hydrogens is 454 g/mol. The lowest BCUT2D eigenvalue weighted by Crippen LogP contribution is -2.30. The first kappa shape index (κ1) is 24.7. The van der Waals surface area contributed by atoms with Crippen LogP contribution in [0.15, 0.2) is 24.3 Å². The molecule has 190 valence electrons. The van der Waals surface area contributed by atoms with E-state index in [-0.39, 0.29) is 22.8 Å². The summed E-state index contributed by atoms with van der Waals surface area (Å²) in [7, 11) is 0. The van der Waals surface area contributed by atoms with E-state index in [9.17, 15) is 18.3 Å². The number of fused-ring (bicyclic) bond motifs is 1. The molecule has 0 bridgehead atoms. The smallest absolute Gasteiger partial charge is 0.388 e. The second-order valence-corrected chi connectivity index (χ2v) is 11.7. The van der Waals surface area contributed by atoms with Gasteiger partial charge in [0.2, 0.25) is 0 Å². The largest absolute Gasteiger partial charge is 0.416 e. The van der Waals surface area contributed by atoms with Crippen molar-refractivity contribution in [3.63, 3.8) is 0 Å². The van der Waals surface area contributed by atoms with Gasteiger partial charge in [0.25, 0.3) is 0 Å². The minimum atomic E-state index is -4.46. The molecule has 0 saturated heterocycles. The van der Waals surface area contributed by atoms with E-state index >= 15 is 4.39 Å². The number of halogens is 4. The SMILES string of the molecule is CC1(C)Cc2nc(C3CCCC3)c(C(F)c3ccc(C(F)(F)F)cc3)c(C3CCCC3)c2[C@@H](O)C1. The summed E-state index contributed by atoms with van der Waals surface area (Å²) in [6.45, 7) is 4.28. The zero-order valence-corrected chi connectivity index (χ0v) is 20.6. The van der Waals surface area contributed by atoms with E-state index in [0.29, 0.717) is 12.0 Å². The van der Waals surface area contributed by atoms with Crippen molar-refractivity contribution in [2.75, 3.05) is 0 Å². The molecule has 1 aromatic carbocycles. The number of nitrogens with zero attached hydrogens (tertiary/aromatic N) is 1. The summed E-state index contributed by atoms with van der Waals surface area (Å²) in [4.78, 5) is 5.10. The molecule has 0 radical (unpaired) electrons. The number of hydrogen-bond donors (Lipinski definition) is 1. The summed E-state index contributed by atoms with van der Waals surface area (Å²) >= 11 is 0. The van der Waals surface area contributed by atoms with Crippen LogP contribution in [0, 0.1) is 5.41 Å². The van der Waals surface area contributed by atoms with Gasteiger partial charge in [-0.3, -0.25) is 4.98 Å². The zero-order chi connectivity index (χ0) is 25.0. The number of aliphatic hydroxyl groups excluding tert-OH is 1. The van der Waals surface area contributed by atoms with Crippen molar-refractivity contribution >= 4 is 0 Å². The van der Waals surface area contributed by atoms with Gasteiger partial charge >= 0.3 is 6.18 Å². The Bertz CT molecular complexity index is 1060. The molecule has 3 aliphatic carbocycles. The first-order valence-electron chi connectivity index (χ1n) is 13.1. The quantitative estimate of drug-likeness (QED) is 0.437. The Morgan fingerprint density at radius 3 is 2.06 bits per heavy atom. The lowest BCUT2D eigenvalue weighted by molar-refractivity contribution is -0.137. The van der Waals surface area contributed by atoms with Crippen molar-refractivity contribution < 1.29 is 22.7 Å². The fourth-order valence-electron chi connectivity index (χ4n) is 6.80. The van der Waals surface area contributed by atoms with Crippen LogP contribution < -0.4 is 0 Å². The van der Waals surface area contributed by atoms with Crippen LogP contribution >= 0.6 is 0 Å². The third-order valence-corrected chi connectivity index (χ3v) is 8.44. The Hall–Kier alpha value is -1.95. The number of benzene rings is 1. The van der Waals surface area contributed by atoms with Gasteiger partial charge in [-0.05, 0) is 73.1 Å². The summed E-state index contributed by atoms with van der Waals surface area (Å²) in [6, 6.07) is 4.47. The van der Waals surface area contributed by atoms with E-state index in [1.54, 1.807) is 0 Å². The molecule has 2 fully saturated rings. The molecule has 35 heavy (non-hydrogen) atoms. The van der Waals surface area contributed by atoms with Crippen molar-refractivity contribution in [2.24, 2.45) is 5.41 Å². The third kappa shape index (κ3) is 4.75. The van der Waals surface area contributed by atoms with E-state index in [4.69, 9.17) is 4.98 Å². The molecule has 2 atom stereocenters. The van der Waals surface area contributed by atoms with Crippen LogP contribution in [0.3, 0.4) is 0 Å². The predicted molar refractivity (Wildman–Crippen MR) is 128 cm³/mol. The molecule has 2 nitrogen and oxygen atoms in total. The maximum absolute atomic E-state index is 16.6. The molecule has 2 saturated carbocycles. The second kappa shape index (κ2) is 9.17. The summed E-state index contributed by atoms with van der Waals surface area (Å²) in [5.74, 6) is 0.316. The first-order valence-corrected chi connectivity index (χ1v) is 13.1. The number of hydrogen-bond acceptors (Lipinski definition) is 2. The van der Waals surface area contributed by atoms with Gasteiger partial charge in [-0.1, -0.05) is 51.7 Å². The summed E-state index contributed by atoms with van der Waals surface area (Å²) in [6.07, 6.45) is 2.71. The Balaban J connectivity index is 1.71. The van der Waals surface area contributed by atoms with Crippen LogP contribution in [0.2, 0.25) is 0 Å². The molecular formula is C29H35F4NO. The van der Waals surface area contributed by atoms with Crippen molar-refractivity contribution in [3.05, 3.63) is 63.5 Å². The summed E-state index contributed by atoms with van der Waals surface area (Å²) in [5.41, 5.74) is 3.32. The second-order valence-electron chi connectivity index (χ2n) is 11.7. The van der Waals surface area contributed by atoms with E-state index in [1.165, 1.54) is 12.1 Å². The Labute approximate surface area is 205 Å². The minimum Gasteiger partial charge on any atom is -0.388 e. The lowest BCUT2D eigenvalue weighted by atomic mass is 9.70. The number of rotatable bonds is 4. The van der Waals surface area contributed by atoms with Crippen LogP contribution in [0.4, 0.5) is 17.6 Å². The molecule has 5 rings (SSSR count). The van der Waals surface area contributed by atoms with Gasteiger partial charge in [0, 0.05) is 22.7 Å². The predicted octanol–water partition coefficient (Wildman–Crippen LogP) is 8.48. The summed E-state index contributed by atoms with van der Waals surface area (Å²) in [5, 5.41) is 11.3. The number of pyridine rings is 1. The topological polar surface area (TPSA) is 33.1 Å². The Morgan fingerprint density at radius 2 is 1.49 bits per heavy atom. The van der Waals surface area contributed by atoms with Crippen LogP contribution in [0.5, 0.6) is 0 Å². The van der Waals surface area contributed by atoms with Crippen molar-refractivity contribution in [3.8, 4) is 0 Å². The van der Waals surface area contributed by atoms with Crippen LogP contribution in [0.1, 0.15) is 135 Å². The van der Waals surface area contributed by atoms with E-state index < -0.39 is 24.0 Å². The van der Waals surface area contributed by atoms with E-state index in [0.717, 1.165) is 92.4 Å². The highest BCUT2D eigenvalue weighted by Gasteiger charge is 2.41. The van der Waals surface area contributed by atoms with E-state index in [1.807, 2.05) is 0 Å². The molecule has 1 N–H and O–H groups in total. The normalized spacial score (nSPS) is 24.0. The molecule has 1 heterocycles. The molecule has 0 spiro atoms. The number of aliphatic hydroxyl groups is 1. The highest BCUT2D eigenvalue weighted by Crippen LogP contribution is 2.52. The molecule has 0 aliphatic heterocycles. The zero-order valence-electron chi connectivity index (χ0n) is 20.6. The highest BCUT2D eigenvalue weighted by molar-refractivity contribution is 5.51. The van der Waals surface area contributed by atoms with Crippen LogP contribution in [-0.2, 0) is 12.6 Å². The standard InChI is InChI=1S/C29H35F4NO/c1-28(2)15-21-24(22(35)16-28)23(17-7-3-4-8-17)25(27(34-21)19-9-5-6-10-19)26(30)18-11-13-20(14-12-18)29(31,32)33/h11-14,17,19,22,26,35H,3-10,15-16H2,1-2H3/t22-,26?/m0/s1. The maximum atomic E-state index is 16.6. The van der Waals surface area contributed by atoms with Gasteiger partial charge in [0.05, 0.1) is 17.4 Å². The van der Waals surface area contributed by atoms with Gasteiger partial charge in [-0.25, -0.2) is 4.39 Å². The van der Waals surface area contributed by atoms with Gasteiger partial charge in [-0.2, -0.15) is 13.2 Å². The summed E-state index contributed by atoms with van der Waals surface area (Å²) < 4.78 is 56.0. The molecule has 1 unspecified atom stereocenters. The average molecular weight is 490 g/mol. The third-order valence-electron chi connectivity index (χ3n) is 8.44. The molecule has 3 aliphatic rings. The van der Waals surface area contributed by atoms with Gasteiger partial charge in [-0.15, -0.1) is 0 Å². The van der Waals surface area contributed by atoms with E-state index in [2.05, 4.69) is 13.8 Å². The van der Waals surface area contributed by atoms with Gasteiger partial charge < -0.3 is 5.11 Å². The first-order chi connectivity index (χ1) is 16.5. The number of alkyl halides is 4. The van der Waals surface area contributed by atoms with Gasteiger partial charge in [0.15, 0.2) is 6.17 Å². The van der Waals surface area contributed by atoms with Crippen molar-refractivity contribution in [1.29, 1.82) is 0 Å². The highest BCUT2D eigenvalue weighted by atomic mass is 19.4. The van der Waals surface area contributed by atoms with Gasteiger partial charge in [0.1, 0.15) is 0 Å². The Morgan fingerprint density at radius 1 is 0.914 bits per heavy atom. The molecule has 2 aromatic rings. The monoisotopic (exact) mass is 489 g/mol. The number of aromatic nitrogens is 1. The van der Waals surface area contributed by atoms with Crippen LogP contribution in [-0.4, -0.2) is 10.1 Å². The minimum absolute atomic E-state index is 0.0939. The average Bonchev–Trinajstić information content (AvgIpc) is 3.50. The molecule has 6 heteroatoms. The van der Waals surface area contributed by atoms with Crippen molar-refractivity contribution in [2.45, 2.75) is 108 Å². The lowest BCUT2D eigenvalue weighted by Gasteiger charge is -2.38. The fraction of sp³-hybridized carbons (Fsp3) is 0.621. The Kier molecular flexibility index (Phi) is 6.48. The molecule has 0 amide bonds. The fourth-order valence-corrected chi connectivity index (χ4v) is 6.80. The van der Waals surface area contributed by atoms with Crippen LogP contribution in [0.25, 0.3) is 0 Å².